The van der Waals surface area contributed by atoms with E-state index < -0.39 is 0 Å². The van der Waals surface area contributed by atoms with E-state index in [0.29, 0.717) is 17.6 Å². The average molecular weight is 356 g/mol. The Kier molecular flexibility index (Phi) is 4.83. The fourth-order valence-electron chi connectivity index (χ4n) is 3.89. The molecule has 2 atom stereocenters. The van der Waals surface area contributed by atoms with Crippen LogP contribution in [0.1, 0.15) is 29.8 Å². The molecule has 0 aromatic carbocycles. The number of hydrogen-bond donors (Lipinski definition) is 1. The molecule has 2 fully saturated rings. The Morgan fingerprint density at radius 3 is 2.65 bits per heavy atom. The molecule has 2 aliphatic heterocycles. The van der Waals surface area contributed by atoms with E-state index in [-0.39, 0.29) is 18.1 Å². The Bertz CT molecular complexity index is 741. The number of aryl methyl sites for hydroxylation is 1. The summed E-state index contributed by atoms with van der Waals surface area (Å²) in [5, 5.41) is 3.41. The normalized spacial score (nSPS) is 24.0. The molecule has 2 aromatic rings. The molecule has 2 aromatic heterocycles. The van der Waals surface area contributed by atoms with Gasteiger partial charge in [0.2, 0.25) is 5.95 Å². The molecule has 0 saturated carbocycles. The molecule has 26 heavy (non-hydrogen) atoms. The van der Waals surface area contributed by atoms with E-state index >= 15 is 0 Å². The second-order valence-corrected chi connectivity index (χ2v) is 7.00. The number of hydrogen-bond acceptors (Lipinski definition) is 6. The fraction of sp³-hybridized carbons (Fsp3) is 0.556. The highest BCUT2D eigenvalue weighted by molar-refractivity contribution is 5.92. The first-order chi connectivity index (χ1) is 12.7. The van der Waals surface area contributed by atoms with Crippen molar-refractivity contribution >= 4 is 11.9 Å². The number of likely N-dealkylation sites (tertiary alicyclic amines) is 1. The third-order valence-electron chi connectivity index (χ3n) is 5.23. The number of aromatic nitrogens is 4. The number of carbonyl (C=O) groups is 1. The SMILES string of the molecule is Cn1cnc(C(=O)N2CCC([C@@H]3OCC[C@H]3Nc3ncccn3)CC2)c1. The van der Waals surface area contributed by atoms with Gasteiger partial charge in [-0.1, -0.05) is 0 Å². The van der Waals surface area contributed by atoms with Crippen LogP contribution >= 0.6 is 0 Å². The van der Waals surface area contributed by atoms with Gasteiger partial charge in [0, 0.05) is 45.3 Å². The van der Waals surface area contributed by atoms with Crippen molar-refractivity contribution in [3.05, 3.63) is 36.7 Å². The van der Waals surface area contributed by atoms with Crippen LogP contribution in [0.5, 0.6) is 0 Å². The minimum Gasteiger partial charge on any atom is -0.376 e. The largest absolute Gasteiger partial charge is 0.376 e. The molecule has 0 radical (unpaired) electrons. The van der Waals surface area contributed by atoms with Crippen LogP contribution in [0.25, 0.3) is 0 Å². The Morgan fingerprint density at radius 2 is 1.96 bits per heavy atom. The van der Waals surface area contributed by atoms with Crippen molar-refractivity contribution in [3.63, 3.8) is 0 Å². The molecular formula is C18H24N6O2. The fourth-order valence-corrected chi connectivity index (χ4v) is 3.89. The molecule has 8 nitrogen and oxygen atoms in total. The maximum atomic E-state index is 12.5. The molecule has 8 heteroatoms. The predicted molar refractivity (Wildman–Crippen MR) is 95.6 cm³/mol. The summed E-state index contributed by atoms with van der Waals surface area (Å²) in [5.41, 5.74) is 0.517. The zero-order valence-electron chi connectivity index (χ0n) is 14.9. The molecule has 2 saturated heterocycles. The Labute approximate surface area is 152 Å². The molecule has 2 aliphatic rings. The number of nitrogens with zero attached hydrogens (tertiary/aromatic N) is 5. The summed E-state index contributed by atoms with van der Waals surface area (Å²) in [6, 6.07) is 2.03. The van der Waals surface area contributed by atoms with Gasteiger partial charge in [-0.15, -0.1) is 0 Å². The lowest BCUT2D eigenvalue weighted by atomic mass is 9.87. The Morgan fingerprint density at radius 1 is 1.19 bits per heavy atom. The van der Waals surface area contributed by atoms with E-state index in [4.69, 9.17) is 4.74 Å². The van der Waals surface area contributed by atoms with Crippen molar-refractivity contribution in [1.82, 2.24) is 24.4 Å². The summed E-state index contributed by atoms with van der Waals surface area (Å²) in [6.07, 6.45) is 9.89. The highest BCUT2D eigenvalue weighted by atomic mass is 16.5. The molecule has 0 bridgehead atoms. The molecule has 0 unspecified atom stereocenters. The third-order valence-corrected chi connectivity index (χ3v) is 5.23. The van der Waals surface area contributed by atoms with E-state index in [0.717, 1.165) is 39.0 Å². The first kappa shape index (κ1) is 17.0. The standard InChI is InChI=1S/C18H24N6O2/c1-23-11-15(21-12-23)17(25)24-8-3-13(4-9-24)16-14(5-10-26-16)22-18-19-6-2-7-20-18/h2,6-7,11-14,16H,3-5,8-10H2,1H3,(H,19,20,22)/t14-,16+/m1/s1. The van der Waals surface area contributed by atoms with Gasteiger partial charge < -0.3 is 19.5 Å². The van der Waals surface area contributed by atoms with Gasteiger partial charge in [0.1, 0.15) is 5.69 Å². The lowest BCUT2D eigenvalue weighted by Crippen LogP contribution is -2.44. The van der Waals surface area contributed by atoms with Crippen LogP contribution in [0.3, 0.4) is 0 Å². The van der Waals surface area contributed by atoms with Gasteiger partial charge in [0.25, 0.3) is 5.91 Å². The Hall–Kier alpha value is -2.48. The molecule has 4 rings (SSSR count). The Balaban J connectivity index is 1.34. The maximum Gasteiger partial charge on any atom is 0.274 e. The first-order valence-corrected chi connectivity index (χ1v) is 9.13. The van der Waals surface area contributed by atoms with Crippen molar-refractivity contribution in [1.29, 1.82) is 0 Å². The number of imidazole rings is 1. The second kappa shape index (κ2) is 7.41. The number of ether oxygens (including phenoxy) is 1. The van der Waals surface area contributed by atoms with Gasteiger partial charge in [0.15, 0.2) is 0 Å². The lowest BCUT2D eigenvalue weighted by molar-refractivity contribution is 0.0259. The van der Waals surface area contributed by atoms with Gasteiger partial charge in [-0.05, 0) is 31.2 Å². The van der Waals surface area contributed by atoms with Crippen LogP contribution in [-0.2, 0) is 11.8 Å². The minimum absolute atomic E-state index is 0.0174. The molecule has 0 spiro atoms. The maximum absolute atomic E-state index is 12.5. The quantitative estimate of drug-likeness (QED) is 0.890. The average Bonchev–Trinajstić information content (AvgIpc) is 3.31. The van der Waals surface area contributed by atoms with Crippen LogP contribution in [0, 0.1) is 5.92 Å². The highest BCUT2D eigenvalue weighted by Gasteiger charge is 2.37. The number of amides is 1. The van der Waals surface area contributed by atoms with Crippen LogP contribution in [-0.4, -0.2) is 62.2 Å². The number of piperidine rings is 1. The van der Waals surface area contributed by atoms with Crippen LogP contribution < -0.4 is 5.32 Å². The zero-order chi connectivity index (χ0) is 17.9. The molecule has 138 valence electrons. The monoisotopic (exact) mass is 356 g/mol. The topological polar surface area (TPSA) is 85.2 Å². The summed E-state index contributed by atoms with van der Waals surface area (Å²) >= 11 is 0. The van der Waals surface area contributed by atoms with Gasteiger partial charge in [-0.3, -0.25) is 4.79 Å². The molecule has 4 heterocycles. The zero-order valence-corrected chi connectivity index (χ0v) is 14.9. The van der Waals surface area contributed by atoms with Crippen LogP contribution in [0.4, 0.5) is 5.95 Å². The number of nitrogens with one attached hydrogen (secondary N) is 1. The van der Waals surface area contributed by atoms with E-state index in [1.54, 1.807) is 29.5 Å². The summed E-state index contributed by atoms with van der Waals surface area (Å²) in [5.74, 6) is 1.10. The van der Waals surface area contributed by atoms with Crippen molar-refractivity contribution in [2.24, 2.45) is 13.0 Å². The smallest absolute Gasteiger partial charge is 0.274 e. The van der Waals surface area contributed by atoms with Gasteiger partial charge in [0.05, 0.1) is 18.5 Å². The van der Waals surface area contributed by atoms with E-state index in [2.05, 4.69) is 20.3 Å². The molecular weight excluding hydrogens is 332 g/mol. The number of carbonyl (C=O) groups excluding carboxylic acids is 1. The van der Waals surface area contributed by atoms with E-state index in [1.807, 2.05) is 18.0 Å². The summed E-state index contributed by atoms with van der Waals surface area (Å²) < 4.78 is 7.82. The predicted octanol–water partition coefficient (Wildman–Crippen LogP) is 1.33. The van der Waals surface area contributed by atoms with Crippen molar-refractivity contribution in [2.75, 3.05) is 25.0 Å². The van der Waals surface area contributed by atoms with E-state index in [9.17, 15) is 4.79 Å². The lowest BCUT2D eigenvalue weighted by Gasteiger charge is -2.36. The molecule has 0 aliphatic carbocycles. The van der Waals surface area contributed by atoms with Crippen molar-refractivity contribution in [2.45, 2.75) is 31.4 Å². The summed E-state index contributed by atoms with van der Waals surface area (Å²) in [7, 11) is 1.87. The number of rotatable bonds is 4. The highest BCUT2D eigenvalue weighted by Crippen LogP contribution is 2.31. The third kappa shape index (κ3) is 3.55. The van der Waals surface area contributed by atoms with Crippen molar-refractivity contribution in [3.8, 4) is 0 Å². The van der Waals surface area contributed by atoms with Crippen LogP contribution in [0.2, 0.25) is 0 Å². The minimum atomic E-state index is 0.0174. The summed E-state index contributed by atoms with van der Waals surface area (Å²) in [4.78, 5) is 27.1. The van der Waals surface area contributed by atoms with Crippen molar-refractivity contribution < 1.29 is 9.53 Å². The second-order valence-electron chi connectivity index (χ2n) is 7.00. The van der Waals surface area contributed by atoms with E-state index in [1.165, 1.54) is 0 Å². The van der Waals surface area contributed by atoms with Gasteiger partial charge in [-0.2, -0.15) is 0 Å². The molecule has 1 amide bonds. The van der Waals surface area contributed by atoms with Gasteiger partial charge in [-0.25, -0.2) is 15.0 Å². The number of anilines is 1. The molecule has 1 N–H and O–H groups in total. The first-order valence-electron chi connectivity index (χ1n) is 9.13. The van der Waals surface area contributed by atoms with Crippen LogP contribution in [0.15, 0.2) is 31.0 Å². The summed E-state index contributed by atoms with van der Waals surface area (Å²) in [6.45, 7) is 2.24. The van der Waals surface area contributed by atoms with Gasteiger partial charge >= 0.3 is 0 Å².